The Balaban J connectivity index is 1.32. The Labute approximate surface area is 303 Å². The second-order valence-electron chi connectivity index (χ2n) is 12.6. The van der Waals surface area contributed by atoms with E-state index in [4.69, 9.17) is 19.7 Å². The van der Waals surface area contributed by atoms with Crippen molar-refractivity contribution in [1.82, 2.24) is 20.3 Å². The molecule has 1 aliphatic heterocycles. The molecule has 2 aromatic heterocycles. The van der Waals surface area contributed by atoms with Gasteiger partial charge >= 0.3 is 12.1 Å². The number of halogens is 2. The standard InChI is InChI=1S/C36H39F2N8O5S/c1-23(34-43-31(19-52-34)26-10-8-25(16-39)9-11-26)36(49,29-15-28(37)12-13-30(29)38)20-45-22-46(5,21-42-45)24(2)51-35(48)44(4)33-27(7-6-14-41-33)18-50-32(47)17-40-3/h6-15,19,21,23-24,40,49H,17-18,20,22H2,1-5H3/q+1/t23-,24?,36+,46?/m0/s1. The maximum absolute atomic E-state index is 15.4. The van der Waals surface area contributed by atoms with Crippen molar-refractivity contribution in [2.45, 2.75) is 38.2 Å². The van der Waals surface area contributed by atoms with Crippen LogP contribution < -0.4 is 10.2 Å². The van der Waals surface area contributed by atoms with Crippen molar-refractivity contribution < 1.29 is 37.4 Å². The minimum absolute atomic E-state index is 0.0271. The van der Waals surface area contributed by atoms with Crippen molar-refractivity contribution in [3.8, 4) is 17.3 Å². The van der Waals surface area contributed by atoms with Crippen molar-refractivity contribution in [1.29, 1.82) is 5.26 Å². The number of hydrazone groups is 1. The fourth-order valence-electron chi connectivity index (χ4n) is 5.65. The van der Waals surface area contributed by atoms with Gasteiger partial charge in [0.25, 0.3) is 0 Å². The van der Waals surface area contributed by atoms with E-state index in [2.05, 4.69) is 21.5 Å². The number of amides is 1. The molecule has 0 saturated heterocycles. The van der Waals surface area contributed by atoms with Gasteiger partial charge in [0.2, 0.25) is 12.6 Å². The largest absolute Gasteiger partial charge is 0.460 e. The number of carbonyl (C=O) groups excluding carboxylic acids is 2. The Kier molecular flexibility index (Phi) is 11.6. The molecular weight excluding hydrogens is 695 g/mol. The number of thiazole rings is 1. The lowest BCUT2D eigenvalue weighted by Crippen LogP contribution is -2.54. The van der Waals surface area contributed by atoms with E-state index in [9.17, 15) is 19.1 Å². The fraction of sp³-hybridized carbons (Fsp3) is 0.333. The first-order valence-electron chi connectivity index (χ1n) is 16.2. The molecule has 2 unspecified atom stereocenters. The Morgan fingerprint density at radius 1 is 1.21 bits per heavy atom. The molecule has 1 aliphatic rings. The average Bonchev–Trinajstić information content (AvgIpc) is 3.79. The minimum Gasteiger partial charge on any atom is -0.460 e. The first kappa shape index (κ1) is 37.9. The zero-order valence-electron chi connectivity index (χ0n) is 29.3. The number of aliphatic hydroxyl groups is 1. The van der Waals surface area contributed by atoms with Crippen LogP contribution >= 0.6 is 11.3 Å². The molecule has 3 heterocycles. The normalized spacial score (nSPS) is 17.6. The van der Waals surface area contributed by atoms with Crippen molar-refractivity contribution in [2.24, 2.45) is 5.10 Å². The summed E-state index contributed by atoms with van der Waals surface area (Å²) in [6.45, 7) is 3.15. The summed E-state index contributed by atoms with van der Waals surface area (Å²) in [6, 6.07) is 15.2. The zero-order chi connectivity index (χ0) is 37.6. The van der Waals surface area contributed by atoms with Crippen molar-refractivity contribution >= 4 is 35.6 Å². The van der Waals surface area contributed by atoms with Gasteiger partial charge in [-0.05, 0) is 43.4 Å². The number of nitrogens with zero attached hydrogens (tertiary/aromatic N) is 7. The van der Waals surface area contributed by atoms with Gasteiger partial charge in [-0.1, -0.05) is 25.1 Å². The van der Waals surface area contributed by atoms with Crippen LogP contribution in [0.5, 0.6) is 0 Å². The van der Waals surface area contributed by atoms with Crippen LogP contribution in [0.4, 0.5) is 19.4 Å². The second kappa shape index (κ2) is 15.9. The molecule has 0 spiro atoms. The third kappa shape index (κ3) is 8.24. The monoisotopic (exact) mass is 733 g/mol. The molecule has 0 bridgehead atoms. The Morgan fingerprint density at radius 2 is 1.96 bits per heavy atom. The number of quaternary nitrogens is 1. The van der Waals surface area contributed by atoms with Gasteiger partial charge in [-0.25, -0.2) is 33.0 Å². The van der Waals surface area contributed by atoms with Gasteiger partial charge in [-0.15, -0.1) is 16.4 Å². The van der Waals surface area contributed by atoms with E-state index >= 15 is 4.39 Å². The third-order valence-corrected chi connectivity index (χ3v) is 9.98. The smallest absolute Gasteiger partial charge is 0.419 e. The third-order valence-electron chi connectivity index (χ3n) is 8.95. The molecule has 1 amide bonds. The summed E-state index contributed by atoms with van der Waals surface area (Å²) in [5.41, 5.74) is 0.0949. The van der Waals surface area contributed by atoms with E-state index in [0.717, 1.165) is 23.8 Å². The summed E-state index contributed by atoms with van der Waals surface area (Å²) < 4.78 is 41.1. The summed E-state index contributed by atoms with van der Waals surface area (Å²) in [7, 11) is 4.88. The Hall–Kier alpha value is -5.34. The predicted molar refractivity (Wildman–Crippen MR) is 189 cm³/mol. The summed E-state index contributed by atoms with van der Waals surface area (Å²) in [5, 5.41) is 32.5. The Morgan fingerprint density at radius 3 is 2.67 bits per heavy atom. The maximum atomic E-state index is 15.4. The molecule has 0 radical (unpaired) electrons. The van der Waals surface area contributed by atoms with Gasteiger partial charge in [0.05, 0.1) is 42.5 Å². The molecule has 2 aromatic carbocycles. The van der Waals surface area contributed by atoms with Gasteiger partial charge in [-0.3, -0.25) is 9.69 Å². The topological polar surface area (TPSA) is 153 Å². The predicted octanol–water partition coefficient (Wildman–Crippen LogP) is 4.89. The number of nitrogens with one attached hydrogen (secondary N) is 1. The SMILES string of the molecule is CNCC(=O)OCc1cccnc1N(C)C(=O)OC(C)[N+]1(C)C=NN(C[C@](O)(c2cc(F)ccc2F)[C@@H](C)c2nc(-c3ccc(C#N)cc3)cs2)C1. The van der Waals surface area contributed by atoms with E-state index in [1.165, 1.54) is 34.5 Å². The van der Waals surface area contributed by atoms with Gasteiger partial charge in [-0.2, -0.15) is 5.26 Å². The Bertz CT molecular complexity index is 1990. The highest BCUT2D eigenvalue weighted by atomic mass is 32.1. The van der Waals surface area contributed by atoms with Crippen LogP contribution in [0.1, 0.15) is 41.5 Å². The quantitative estimate of drug-likeness (QED) is 0.144. The number of ether oxygens (including phenoxy) is 2. The highest BCUT2D eigenvalue weighted by Gasteiger charge is 2.46. The maximum Gasteiger partial charge on any atom is 0.419 e. The van der Waals surface area contributed by atoms with Gasteiger partial charge in [0, 0.05) is 48.2 Å². The minimum atomic E-state index is -2.01. The molecule has 52 heavy (non-hydrogen) atoms. The molecule has 2 N–H and O–H groups in total. The number of aromatic nitrogens is 2. The molecule has 4 aromatic rings. The highest BCUT2D eigenvalue weighted by molar-refractivity contribution is 7.10. The number of anilines is 1. The number of hydrogen-bond donors (Lipinski definition) is 2. The van der Waals surface area contributed by atoms with Crippen LogP contribution in [0.15, 0.2) is 71.3 Å². The van der Waals surface area contributed by atoms with Crippen LogP contribution in [0, 0.1) is 23.0 Å². The number of esters is 1. The fourth-order valence-corrected chi connectivity index (χ4v) is 6.62. The number of β-amino-alcohol motifs (C(OH)–C–C–N with tert-alkyl or cyclic N) is 1. The first-order valence-corrected chi connectivity index (χ1v) is 17.1. The number of rotatable bonds is 13. The van der Waals surface area contributed by atoms with Gasteiger partial charge in [0.1, 0.15) is 29.7 Å². The van der Waals surface area contributed by atoms with Crippen LogP contribution in [-0.4, -0.2) is 90.1 Å². The summed E-state index contributed by atoms with van der Waals surface area (Å²) in [6.07, 6.45) is 1.53. The van der Waals surface area contributed by atoms with Crippen LogP contribution in [0.2, 0.25) is 0 Å². The highest BCUT2D eigenvalue weighted by Crippen LogP contribution is 2.42. The van der Waals surface area contributed by atoms with Crippen LogP contribution in [-0.2, 0) is 26.5 Å². The molecule has 0 saturated carbocycles. The molecular formula is C36H39F2N8O5S+. The zero-order valence-corrected chi connectivity index (χ0v) is 30.1. The summed E-state index contributed by atoms with van der Waals surface area (Å²) >= 11 is 1.26. The van der Waals surface area contributed by atoms with E-state index < -0.39 is 41.4 Å². The lowest BCUT2D eigenvalue weighted by atomic mass is 9.81. The van der Waals surface area contributed by atoms with Crippen molar-refractivity contribution in [3.63, 3.8) is 0 Å². The van der Waals surface area contributed by atoms with E-state index in [1.54, 1.807) is 76.1 Å². The molecule has 0 fully saturated rings. The molecule has 4 atom stereocenters. The molecule has 13 nitrogen and oxygen atoms in total. The number of benzene rings is 2. The van der Waals surface area contributed by atoms with E-state index in [1.807, 2.05) is 0 Å². The van der Waals surface area contributed by atoms with Crippen molar-refractivity contribution in [3.05, 3.63) is 99.5 Å². The van der Waals surface area contributed by atoms with E-state index in [-0.39, 0.29) is 42.2 Å². The molecule has 0 aliphatic carbocycles. The summed E-state index contributed by atoms with van der Waals surface area (Å²) in [4.78, 5) is 35.4. The number of carbonyl (C=O) groups is 2. The second-order valence-corrected chi connectivity index (χ2v) is 13.5. The van der Waals surface area contributed by atoms with Crippen molar-refractivity contribution in [2.75, 3.05) is 45.8 Å². The number of pyridine rings is 1. The lowest BCUT2D eigenvalue weighted by Gasteiger charge is -2.38. The number of hydrogen-bond acceptors (Lipinski definition) is 12. The van der Waals surface area contributed by atoms with E-state index in [0.29, 0.717) is 21.8 Å². The first-order chi connectivity index (χ1) is 24.8. The molecule has 272 valence electrons. The van der Waals surface area contributed by atoms with Crippen LogP contribution in [0.25, 0.3) is 11.3 Å². The molecule has 5 rings (SSSR count). The average molecular weight is 734 g/mol. The lowest BCUT2D eigenvalue weighted by molar-refractivity contribution is -0.864. The number of nitriles is 1. The number of likely N-dealkylation sites (N-methyl/N-ethyl adjacent to an activating group) is 1. The van der Waals surface area contributed by atoms with Gasteiger partial charge < -0.3 is 19.9 Å². The molecule has 16 heteroatoms. The summed E-state index contributed by atoms with van der Waals surface area (Å²) in [5.74, 6) is -2.56. The van der Waals surface area contributed by atoms with Crippen LogP contribution in [0.3, 0.4) is 0 Å². The van der Waals surface area contributed by atoms with Gasteiger partial charge in [0.15, 0.2) is 6.67 Å².